The Morgan fingerprint density at radius 3 is 2.33 bits per heavy atom. The van der Waals surface area contributed by atoms with E-state index in [0.29, 0.717) is 12.1 Å². The molecule has 0 aliphatic heterocycles. The van der Waals surface area contributed by atoms with E-state index in [0.717, 1.165) is 23.4 Å². The Morgan fingerprint density at radius 1 is 1.22 bits per heavy atom. The molecule has 0 radical (unpaired) electrons. The highest BCUT2D eigenvalue weighted by molar-refractivity contribution is 5.23. The molecule has 0 aromatic carbocycles. The average molecular weight is 249 g/mol. The van der Waals surface area contributed by atoms with E-state index in [1.54, 1.807) is 0 Å². The van der Waals surface area contributed by atoms with E-state index in [-0.39, 0.29) is 0 Å². The Bertz CT molecular complexity index is 386. The Labute approximate surface area is 111 Å². The van der Waals surface area contributed by atoms with E-state index in [1.807, 2.05) is 6.92 Å². The van der Waals surface area contributed by atoms with Gasteiger partial charge in [0.1, 0.15) is 11.5 Å². The third kappa shape index (κ3) is 2.80. The summed E-state index contributed by atoms with van der Waals surface area (Å²) < 4.78 is 5.64. The highest BCUT2D eigenvalue weighted by Gasteiger charge is 2.29. The van der Waals surface area contributed by atoms with E-state index in [2.05, 4.69) is 39.1 Å². The lowest BCUT2D eigenvalue weighted by molar-refractivity contribution is 0.195. The van der Waals surface area contributed by atoms with Gasteiger partial charge in [-0.05, 0) is 51.5 Å². The summed E-state index contributed by atoms with van der Waals surface area (Å²) in [6.07, 6.45) is 4.11. The number of hydrogen-bond acceptors (Lipinski definition) is 2. The van der Waals surface area contributed by atoms with Gasteiger partial charge in [0.15, 0.2) is 0 Å². The van der Waals surface area contributed by atoms with Gasteiger partial charge in [-0.25, -0.2) is 0 Å². The molecule has 0 bridgehead atoms. The van der Waals surface area contributed by atoms with Gasteiger partial charge in [0, 0.05) is 17.6 Å². The lowest BCUT2D eigenvalue weighted by atomic mass is 9.78. The lowest BCUT2D eigenvalue weighted by Crippen LogP contribution is -2.43. The maximum atomic E-state index is 5.64. The van der Waals surface area contributed by atoms with Gasteiger partial charge in [-0.2, -0.15) is 0 Å². The summed E-state index contributed by atoms with van der Waals surface area (Å²) in [6, 6.07) is 3.20. The van der Waals surface area contributed by atoms with Crippen LogP contribution in [0.2, 0.25) is 0 Å². The topological polar surface area (TPSA) is 25.2 Å². The predicted octanol–water partition coefficient (Wildman–Crippen LogP) is 4.37. The van der Waals surface area contributed by atoms with Crippen LogP contribution < -0.4 is 5.32 Å². The Kier molecular flexibility index (Phi) is 4.16. The molecule has 1 fully saturated rings. The van der Waals surface area contributed by atoms with Gasteiger partial charge in [-0.1, -0.05) is 20.3 Å². The molecule has 2 rings (SSSR count). The summed E-state index contributed by atoms with van der Waals surface area (Å²) in [4.78, 5) is 0. The normalized spacial score (nSPS) is 30.4. The first-order valence-corrected chi connectivity index (χ1v) is 7.32. The molecule has 2 heteroatoms. The molecular formula is C16H27NO. The quantitative estimate of drug-likeness (QED) is 0.860. The second kappa shape index (κ2) is 5.48. The van der Waals surface area contributed by atoms with Crippen LogP contribution in [-0.4, -0.2) is 6.04 Å². The summed E-state index contributed by atoms with van der Waals surface area (Å²) in [5.74, 6) is 3.64. The summed E-state index contributed by atoms with van der Waals surface area (Å²) in [5, 5.41) is 3.83. The smallest absolute Gasteiger partial charge is 0.105 e. The minimum atomic E-state index is 0.385. The van der Waals surface area contributed by atoms with Crippen LogP contribution in [0.5, 0.6) is 0 Å². The van der Waals surface area contributed by atoms with E-state index in [4.69, 9.17) is 4.42 Å². The first kappa shape index (κ1) is 13.7. The molecule has 2 nitrogen and oxygen atoms in total. The molecule has 0 saturated heterocycles. The standard InChI is InChI=1S/C16H27NO/c1-10-7-6-8-11(2)16(10)17-13(4)15-9-12(3)18-14(15)5/h9-11,13,16-17H,6-8H2,1-5H3. The van der Waals surface area contributed by atoms with Crippen molar-refractivity contribution < 1.29 is 4.42 Å². The molecule has 3 atom stereocenters. The predicted molar refractivity (Wildman–Crippen MR) is 75.7 cm³/mol. The Hall–Kier alpha value is -0.760. The zero-order valence-corrected chi connectivity index (χ0v) is 12.4. The third-order valence-corrected chi connectivity index (χ3v) is 4.53. The van der Waals surface area contributed by atoms with Crippen LogP contribution in [0.15, 0.2) is 10.5 Å². The third-order valence-electron chi connectivity index (χ3n) is 4.53. The second-order valence-corrected chi connectivity index (χ2v) is 6.17. The summed E-state index contributed by atoms with van der Waals surface area (Å²) in [6.45, 7) is 11.1. The van der Waals surface area contributed by atoms with Crippen LogP contribution in [0.1, 0.15) is 63.2 Å². The fourth-order valence-electron chi connectivity index (χ4n) is 3.47. The monoisotopic (exact) mass is 249 g/mol. The number of furan rings is 1. The SMILES string of the molecule is Cc1cc(C(C)NC2C(C)CCCC2C)c(C)o1. The van der Waals surface area contributed by atoms with Crippen LogP contribution in [0.4, 0.5) is 0 Å². The van der Waals surface area contributed by atoms with E-state index in [9.17, 15) is 0 Å². The van der Waals surface area contributed by atoms with Gasteiger partial charge in [-0.15, -0.1) is 0 Å². The highest BCUT2D eigenvalue weighted by Crippen LogP contribution is 2.31. The summed E-state index contributed by atoms with van der Waals surface area (Å²) >= 11 is 0. The fourth-order valence-corrected chi connectivity index (χ4v) is 3.47. The van der Waals surface area contributed by atoms with Crippen molar-refractivity contribution in [3.8, 4) is 0 Å². The molecule has 3 unspecified atom stereocenters. The van der Waals surface area contributed by atoms with Crippen LogP contribution in [0, 0.1) is 25.7 Å². The van der Waals surface area contributed by atoms with Gasteiger partial charge in [0.05, 0.1) is 0 Å². The largest absolute Gasteiger partial charge is 0.466 e. The summed E-state index contributed by atoms with van der Waals surface area (Å²) in [7, 11) is 0. The van der Waals surface area contributed by atoms with E-state index in [1.165, 1.54) is 24.8 Å². The zero-order chi connectivity index (χ0) is 13.3. The minimum absolute atomic E-state index is 0.385. The van der Waals surface area contributed by atoms with Gasteiger partial charge in [0.25, 0.3) is 0 Å². The molecule has 0 amide bonds. The molecule has 1 heterocycles. The molecule has 0 spiro atoms. The molecule has 1 N–H and O–H groups in total. The van der Waals surface area contributed by atoms with Gasteiger partial charge < -0.3 is 9.73 Å². The lowest BCUT2D eigenvalue weighted by Gasteiger charge is -2.37. The van der Waals surface area contributed by atoms with Crippen molar-refractivity contribution in [2.75, 3.05) is 0 Å². The van der Waals surface area contributed by atoms with Gasteiger partial charge >= 0.3 is 0 Å². The molecule has 18 heavy (non-hydrogen) atoms. The van der Waals surface area contributed by atoms with Crippen LogP contribution in [0.25, 0.3) is 0 Å². The van der Waals surface area contributed by atoms with Gasteiger partial charge in [0.2, 0.25) is 0 Å². The van der Waals surface area contributed by atoms with Crippen LogP contribution in [-0.2, 0) is 0 Å². The Morgan fingerprint density at radius 2 is 1.83 bits per heavy atom. The first-order valence-electron chi connectivity index (χ1n) is 7.32. The molecule has 1 aromatic heterocycles. The van der Waals surface area contributed by atoms with Gasteiger partial charge in [-0.3, -0.25) is 0 Å². The van der Waals surface area contributed by atoms with Crippen molar-refractivity contribution in [2.24, 2.45) is 11.8 Å². The first-order chi connectivity index (χ1) is 8.49. The summed E-state index contributed by atoms with van der Waals surface area (Å²) in [5.41, 5.74) is 1.32. The van der Waals surface area contributed by atoms with E-state index >= 15 is 0 Å². The van der Waals surface area contributed by atoms with Crippen LogP contribution >= 0.6 is 0 Å². The van der Waals surface area contributed by atoms with Crippen molar-refractivity contribution in [1.29, 1.82) is 0 Å². The number of aryl methyl sites for hydroxylation is 2. The molecule has 1 saturated carbocycles. The highest BCUT2D eigenvalue weighted by atomic mass is 16.3. The van der Waals surface area contributed by atoms with Crippen molar-refractivity contribution in [1.82, 2.24) is 5.32 Å². The van der Waals surface area contributed by atoms with Crippen LogP contribution in [0.3, 0.4) is 0 Å². The zero-order valence-electron chi connectivity index (χ0n) is 12.4. The van der Waals surface area contributed by atoms with Crippen molar-refractivity contribution in [2.45, 2.75) is 66.0 Å². The molecule has 102 valence electrons. The van der Waals surface area contributed by atoms with Crippen molar-refractivity contribution in [3.63, 3.8) is 0 Å². The Balaban J connectivity index is 2.06. The average Bonchev–Trinajstić information content (AvgIpc) is 2.63. The molecule has 1 aliphatic carbocycles. The molecule has 1 aliphatic rings. The maximum absolute atomic E-state index is 5.64. The second-order valence-electron chi connectivity index (χ2n) is 6.17. The minimum Gasteiger partial charge on any atom is -0.466 e. The van der Waals surface area contributed by atoms with E-state index < -0.39 is 0 Å². The molecule has 1 aromatic rings. The number of rotatable bonds is 3. The van der Waals surface area contributed by atoms with Crippen molar-refractivity contribution in [3.05, 3.63) is 23.2 Å². The maximum Gasteiger partial charge on any atom is 0.105 e. The fraction of sp³-hybridized carbons (Fsp3) is 0.750. The molecular weight excluding hydrogens is 222 g/mol. The van der Waals surface area contributed by atoms with Crippen molar-refractivity contribution >= 4 is 0 Å². The number of nitrogens with one attached hydrogen (secondary N) is 1. The number of hydrogen-bond donors (Lipinski definition) is 1.